The molecule has 2 aliphatic carbocycles. The molecule has 0 aromatic heterocycles. The second-order valence-electron chi connectivity index (χ2n) is 6.30. The van der Waals surface area contributed by atoms with Crippen molar-refractivity contribution in [2.45, 2.75) is 69.5 Å². The Morgan fingerprint density at radius 1 is 1.43 bits per heavy atom. The summed E-state index contributed by atoms with van der Waals surface area (Å²) in [6, 6.07) is 0.386. The molecular weight excluding hydrogens is 278 g/mol. The molecule has 0 radical (unpaired) electrons. The molecule has 0 spiro atoms. The number of carbonyl (C=O) groups excluding carboxylic acids is 1. The summed E-state index contributed by atoms with van der Waals surface area (Å²) in [6.07, 6.45) is 2.84. The molecule has 0 heterocycles. The van der Waals surface area contributed by atoms with Crippen molar-refractivity contribution in [2.24, 2.45) is 0 Å². The Morgan fingerprint density at radius 3 is 2.71 bits per heavy atom. The summed E-state index contributed by atoms with van der Waals surface area (Å²) in [5, 5.41) is 3.44. The topological polar surface area (TPSA) is 41.6 Å². The number of carbonyl (C=O) groups is 1. The maximum atomic E-state index is 12.6. The van der Waals surface area contributed by atoms with Crippen LogP contribution in [0.3, 0.4) is 0 Å². The van der Waals surface area contributed by atoms with Gasteiger partial charge in [-0.2, -0.15) is 0 Å². The van der Waals surface area contributed by atoms with Gasteiger partial charge in [-0.25, -0.2) is 8.78 Å². The van der Waals surface area contributed by atoms with Crippen molar-refractivity contribution in [3.8, 4) is 0 Å². The standard InChI is InChI=1S/C15H26F2N2O2/c1-3-21-14(20)15(18-11-6-7-11)8-4-5-12(9-15)19(2)10-13(16)17/h11-13,18H,3-10H2,1-2H3. The first kappa shape index (κ1) is 16.6. The zero-order chi connectivity index (χ0) is 15.5. The number of nitrogens with zero attached hydrogens (tertiary/aromatic N) is 1. The number of halogens is 2. The molecule has 2 rings (SSSR count). The molecule has 2 atom stereocenters. The van der Waals surface area contributed by atoms with Crippen LogP contribution in [0.1, 0.15) is 45.4 Å². The fourth-order valence-electron chi connectivity index (χ4n) is 3.25. The lowest BCUT2D eigenvalue weighted by atomic mass is 9.78. The van der Waals surface area contributed by atoms with Crippen molar-refractivity contribution in [2.75, 3.05) is 20.2 Å². The van der Waals surface area contributed by atoms with Crippen LogP contribution in [-0.2, 0) is 9.53 Å². The quantitative estimate of drug-likeness (QED) is 0.732. The second kappa shape index (κ2) is 7.01. The molecule has 2 aliphatic rings. The zero-order valence-corrected chi connectivity index (χ0v) is 12.9. The Kier molecular flexibility index (Phi) is 5.54. The van der Waals surface area contributed by atoms with E-state index in [-0.39, 0.29) is 18.6 Å². The Balaban J connectivity index is 2.06. The molecule has 2 saturated carbocycles. The third-order valence-corrected chi connectivity index (χ3v) is 4.50. The fourth-order valence-corrected chi connectivity index (χ4v) is 3.25. The Bertz CT molecular complexity index is 364. The molecule has 2 fully saturated rings. The van der Waals surface area contributed by atoms with Gasteiger partial charge in [-0.15, -0.1) is 0 Å². The molecule has 0 amide bonds. The van der Waals surface area contributed by atoms with Gasteiger partial charge in [0.25, 0.3) is 6.43 Å². The van der Waals surface area contributed by atoms with Gasteiger partial charge in [-0.05, 0) is 52.5 Å². The van der Waals surface area contributed by atoms with Gasteiger partial charge >= 0.3 is 5.97 Å². The number of hydrogen-bond acceptors (Lipinski definition) is 4. The third kappa shape index (κ3) is 4.36. The second-order valence-corrected chi connectivity index (χ2v) is 6.30. The Morgan fingerprint density at radius 2 is 2.14 bits per heavy atom. The monoisotopic (exact) mass is 304 g/mol. The van der Waals surface area contributed by atoms with Crippen molar-refractivity contribution in [1.29, 1.82) is 0 Å². The maximum absolute atomic E-state index is 12.6. The molecule has 0 aromatic rings. The summed E-state index contributed by atoms with van der Waals surface area (Å²) < 4.78 is 30.4. The van der Waals surface area contributed by atoms with E-state index >= 15 is 0 Å². The van der Waals surface area contributed by atoms with Crippen LogP contribution in [0.4, 0.5) is 8.78 Å². The van der Waals surface area contributed by atoms with E-state index in [2.05, 4.69) is 5.32 Å². The number of nitrogens with one attached hydrogen (secondary N) is 1. The lowest BCUT2D eigenvalue weighted by molar-refractivity contribution is -0.154. The number of ether oxygens (including phenoxy) is 1. The van der Waals surface area contributed by atoms with E-state index in [0.717, 1.165) is 32.1 Å². The molecule has 0 aliphatic heterocycles. The van der Waals surface area contributed by atoms with Gasteiger partial charge in [0.1, 0.15) is 5.54 Å². The molecule has 122 valence electrons. The zero-order valence-electron chi connectivity index (χ0n) is 12.9. The van der Waals surface area contributed by atoms with Crippen molar-refractivity contribution in [3.05, 3.63) is 0 Å². The lowest BCUT2D eigenvalue weighted by Crippen LogP contribution is -2.59. The van der Waals surface area contributed by atoms with Crippen LogP contribution in [0.25, 0.3) is 0 Å². The van der Waals surface area contributed by atoms with Crippen molar-refractivity contribution in [1.82, 2.24) is 10.2 Å². The normalized spacial score (nSPS) is 29.9. The average Bonchev–Trinajstić information content (AvgIpc) is 3.22. The van der Waals surface area contributed by atoms with Gasteiger partial charge in [0.2, 0.25) is 0 Å². The fraction of sp³-hybridized carbons (Fsp3) is 0.933. The molecular formula is C15H26F2N2O2. The van der Waals surface area contributed by atoms with E-state index in [1.807, 2.05) is 0 Å². The van der Waals surface area contributed by atoms with Crippen LogP contribution in [0.15, 0.2) is 0 Å². The lowest BCUT2D eigenvalue weighted by Gasteiger charge is -2.42. The first-order valence-corrected chi connectivity index (χ1v) is 7.90. The number of hydrogen-bond donors (Lipinski definition) is 1. The molecule has 21 heavy (non-hydrogen) atoms. The summed E-state index contributed by atoms with van der Waals surface area (Å²) in [6.45, 7) is 1.91. The van der Waals surface area contributed by atoms with E-state index < -0.39 is 12.0 Å². The predicted molar refractivity (Wildman–Crippen MR) is 76.4 cm³/mol. The summed E-state index contributed by atoms with van der Waals surface area (Å²) in [5.41, 5.74) is -0.684. The number of rotatable bonds is 7. The van der Waals surface area contributed by atoms with Gasteiger partial charge < -0.3 is 4.74 Å². The molecule has 2 unspecified atom stereocenters. The van der Waals surface area contributed by atoms with Crippen molar-refractivity contribution < 1.29 is 18.3 Å². The van der Waals surface area contributed by atoms with Crippen LogP contribution < -0.4 is 5.32 Å². The minimum absolute atomic E-state index is 0.00315. The highest BCUT2D eigenvalue weighted by Crippen LogP contribution is 2.35. The number of esters is 1. The predicted octanol–water partition coefficient (Wildman–Crippen LogP) is 2.18. The van der Waals surface area contributed by atoms with Crippen LogP contribution in [0, 0.1) is 0 Å². The minimum Gasteiger partial charge on any atom is -0.465 e. The maximum Gasteiger partial charge on any atom is 0.326 e. The third-order valence-electron chi connectivity index (χ3n) is 4.50. The Hall–Kier alpha value is -0.750. The van der Waals surface area contributed by atoms with Crippen LogP contribution >= 0.6 is 0 Å². The minimum atomic E-state index is -2.34. The van der Waals surface area contributed by atoms with Crippen molar-refractivity contribution >= 4 is 5.97 Å². The first-order chi connectivity index (χ1) is 9.97. The molecule has 1 N–H and O–H groups in total. The highest BCUT2D eigenvalue weighted by molar-refractivity contribution is 5.81. The van der Waals surface area contributed by atoms with E-state index in [1.165, 1.54) is 0 Å². The van der Waals surface area contributed by atoms with Crippen LogP contribution in [-0.4, -0.2) is 55.1 Å². The highest BCUT2D eigenvalue weighted by atomic mass is 19.3. The van der Waals surface area contributed by atoms with Gasteiger partial charge in [-0.1, -0.05) is 0 Å². The van der Waals surface area contributed by atoms with E-state index in [0.29, 0.717) is 19.1 Å². The van der Waals surface area contributed by atoms with E-state index in [9.17, 15) is 13.6 Å². The summed E-state index contributed by atoms with van der Waals surface area (Å²) in [5.74, 6) is -0.216. The number of alkyl halides is 2. The molecule has 6 heteroatoms. The van der Waals surface area contributed by atoms with E-state index in [1.54, 1.807) is 18.9 Å². The summed E-state index contributed by atoms with van der Waals surface area (Å²) in [4.78, 5) is 14.1. The van der Waals surface area contributed by atoms with Gasteiger partial charge in [-0.3, -0.25) is 15.0 Å². The average molecular weight is 304 g/mol. The van der Waals surface area contributed by atoms with Crippen molar-refractivity contribution in [3.63, 3.8) is 0 Å². The van der Waals surface area contributed by atoms with Crippen LogP contribution in [0.5, 0.6) is 0 Å². The molecule has 0 aromatic carbocycles. The Labute approximate surface area is 125 Å². The van der Waals surface area contributed by atoms with Gasteiger partial charge in [0, 0.05) is 12.1 Å². The van der Waals surface area contributed by atoms with Gasteiger partial charge in [0.15, 0.2) is 0 Å². The van der Waals surface area contributed by atoms with Gasteiger partial charge in [0.05, 0.1) is 13.2 Å². The summed E-state index contributed by atoms with van der Waals surface area (Å²) in [7, 11) is 1.72. The largest absolute Gasteiger partial charge is 0.465 e. The van der Waals surface area contributed by atoms with E-state index in [4.69, 9.17) is 4.74 Å². The van der Waals surface area contributed by atoms with Crippen LogP contribution in [0.2, 0.25) is 0 Å². The summed E-state index contributed by atoms with van der Waals surface area (Å²) >= 11 is 0. The SMILES string of the molecule is CCOC(=O)C1(NC2CC2)CCCC(N(C)CC(F)F)C1. The molecule has 0 saturated heterocycles. The molecule has 4 nitrogen and oxygen atoms in total. The smallest absolute Gasteiger partial charge is 0.326 e. The first-order valence-electron chi connectivity index (χ1n) is 7.90. The highest BCUT2D eigenvalue weighted by Gasteiger charge is 2.47. The molecule has 0 bridgehead atoms.